The van der Waals surface area contributed by atoms with Gasteiger partial charge in [-0.1, -0.05) is 13.3 Å². The molecule has 0 radical (unpaired) electrons. The molecule has 0 aliphatic heterocycles. The molecule has 3 atom stereocenters. The van der Waals surface area contributed by atoms with Crippen molar-refractivity contribution in [2.75, 3.05) is 19.3 Å². The summed E-state index contributed by atoms with van der Waals surface area (Å²) >= 11 is 0. The van der Waals surface area contributed by atoms with Crippen LogP contribution in [-0.2, 0) is 17.2 Å². The highest BCUT2D eigenvalue weighted by atomic mass is 127. The van der Waals surface area contributed by atoms with Crippen LogP contribution < -0.4 is 10.6 Å². The molecule has 9 heteroatoms. The third-order valence-corrected chi connectivity index (χ3v) is 7.00. The van der Waals surface area contributed by atoms with E-state index in [1.54, 1.807) is 23.9 Å². The van der Waals surface area contributed by atoms with Gasteiger partial charge in [-0.2, -0.15) is 5.10 Å². The lowest BCUT2D eigenvalue weighted by Crippen LogP contribution is -2.47. The number of benzene rings is 1. The number of hydrogen-bond acceptors (Lipinski definition) is 3. The Morgan fingerprint density at radius 2 is 2.07 bits per heavy atom. The van der Waals surface area contributed by atoms with Crippen molar-refractivity contribution in [3.05, 3.63) is 48.0 Å². The zero-order valence-electron chi connectivity index (χ0n) is 17.5. The lowest BCUT2D eigenvalue weighted by molar-refractivity contribution is 0.413. The van der Waals surface area contributed by atoms with Crippen LogP contribution in [0, 0.1) is 5.82 Å². The number of nitrogens with one attached hydrogen (secondary N) is 2. The molecule has 166 valence electrons. The number of hydrogen-bond donors (Lipinski definition) is 2. The molecule has 1 aromatic heterocycles. The largest absolute Gasteiger partial charge is 0.356 e. The van der Waals surface area contributed by atoms with Crippen LogP contribution in [-0.4, -0.2) is 50.6 Å². The zero-order chi connectivity index (χ0) is 20.6. The quantitative estimate of drug-likeness (QED) is 0.317. The van der Waals surface area contributed by atoms with Crippen molar-refractivity contribution in [1.82, 2.24) is 20.4 Å². The number of nitrogens with zero attached hydrogens (tertiary/aromatic N) is 3. The van der Waals surface area contributed by atoms with Crippen LogP contribution in [0.3, 0.4) is 0 Å². The van der Waals surface area contributed by atoms with Crippen molar-refractivity contribution in [3.63, 3.8) is 0 Å². The van der Waals surface area contributed by atoms with Gasteiger partial charge in [-0.25, -0.2) is 9.07 Å². The van der Waals surface area contributed by atoms with E-state index in [9.17, 15) is 8.60 Å². The van der Waals surface area contributed by atoms with Crippen LogP contribution in [0.15, 0.2) is 41.5 Å². The summed E-state index contributed by atoms with van der Waals surface area (Å²) in [6, 6.07) is 8.55. The van der Waals surface area contributed by atoms with E-state index in [-0.39, 0.29) is 29.8 Å². The fourth-order valence-electron chi connectivity index (χ4n) is 3.68. The van der Waals surface area contributed by atoms with Gasteiger partial charge in [0, 0.05) is 54.1 Å². The number of aromatic nitrogens is 2. The molecular formula is C21H31FIN5OS. The molecule has 0 spiro atoms. The van der Waals surface area contributed by atoms with Gasteiger partial charge in [0.15, 0.2) is 5.96 Å². The molecule has 0 bridgehead atoms. The summed E-state index contributed by atoms with van der Waals surface area (Å²) in [6.45, 7) is 2.70. The minimum atomic E-state index is -0.728. The summed E-state index contributed by atoms with van der Waals surface area (Å²) < 4.78 is 26.9. The van der Waals surface area contributed by atoms with E-state index in [4.69, 9.17) is 0 Å². The fraction of sp³-hybridized carbons (Fsp3) is 0.524. The molecule has 3 rings (SSSR count). The maximum atomic E-state index is 13.1. The van der Waals surface area contributed by atoms with Gasteiger partial charge in [-0.05, 0) is 49.6 Å². The molecule has 0 saturated heterocycles. The molecule has 0 amide bonds. The summed E-state index contributed by atoms with van der Waals surface area (Å²) in [5, 5.41) is 11.7. The summed E-state index contributed by atoms with van der Waals surface area (Å²) in [7, 11) is 1.04. The van der Waals surface area contributed by atoms with Gasteiger partial charge in [-0.15, -0.1) is 24.0 Å². The van der Waals surface area contributed by atoms with Crippen LogP contribution in [0.1, 0.15) is 38.3 Å². The molecule has 1 heterocycles. The van der Waals surface area contributed by atoms with Crippen LogP contribution in [0.5, 0.6) is 0 Å². The Bertz CT molecular complexity index is 842. The minimum Gasteiger partial charge on any atom is -0.356 e. The molecule has 1 fully saturated rings. The van der Waals surface area contributed by atoms with E-state index in [1.165, 1.54) is 12.1 Å². The summed E-state index contributed by atoms with van der Waals surface area (Å²) in [6.07, 6.45) is 6.81. The standard InChI is InChI=1S/C21H30FN5OS.HI/c1-3-29(28)20-6-4-5-18(15-20)25-21(23-2)24-13-11-17-12-14-27(26-17)19-9-7-16(22)8-10-19;/h7-10,12,14,18,20H,3-6,11,13,15H2,1-2H3,(H2,23,24,25);1H. The summed E-state index contributed by atoms with van der Waals surface area (Å²) in [5.41, 5.74) is 1.78. The first-order chi connectivity index (χ1) is 14.1. The highest BCUT2D eigenvalue weighted by Crippen LogP contribution is 2.23. The number of guanidine groups is 1. The van der Waals surface area contributed by atoms with E-state index in [1.807, 2.05) is 19.2 Å². The lowest BCUT2D eigenvalue weighted by Gasteiger charge is -2.30. The third-order valence-electron chi connectivity index (χ3n) is 5.26. The van der Waals surface area contributed by atoms with Crippen LogP contribution in [0.4, 0.5) is 4.39 Å². The van der Waals surface area contributed by atoms with Crippen LogP contribution >= 0.6 is 24.0 Å². The second-order valence-electron chi connectivity index (χ2n) is 7.28. The first-order valence-electron chi connectivity index (χ1n) is 10.2. The van der Waals surface area contributed by atoms with Crippen molar-refractivity contribution in [2.45, 2.75) is 50.3 Å². The van der Waals surface area contributed by atoms with Crippen LogP contribution in [0.2, 0.25) is 0 Å². The van der Waals surface area contributed by atoms with Crippen molar-refractivity contribution in [2.24, 2.45) is 4.99 Å². The molecule has 6 nitrogen and oxygen atoms in total. The Morgan fingerprint density at radius 3 is 2.77 bits per heavy atom. The van der Waals surface area contributed by atoms with Crippen molar-refractivity contribution >= 4 is 40.7 Å². The van der Waals surface area contributed by atoms with E-state index in [0.717, 1.165) is 55.2 Å². The fourth-order valence-corrected chi connectivity index (χ4v) is 5.03. The van der Waals surface area contributed by atoms with Crippen molar-refractivity contribution in [1.29, 1.82) is 0 Å². The lowest BCUT2D eigenvalue weighted by atomic mass is 9.95. The predicted octanol–water partition coefficient (Wildman–Crippen LogP) is 3.42. The number of aliphatic imine (C=N–C) groups is 1. The molecule has 2 aromatic rings. The summed E-state index contributed by atoms with van der Waals surface area (Å²) in [5.74, 6) is 1.25. The molecule has 3 unspecified atom stereocenters. The monoisotopic (exact) mass is 547 g/mol. The Labute approximate surface area is 197 Å². The second-order valence-corrected chi connectivity index (χ2v) is 9.28. The molecule has 1 aliphatic rings. The zero-order valence-corrected chi connectivity index (χ0v) is 20.7. The van der Waals surface area contributed by atoms with Gasteiger partial charge in [0.25, 0.3) is 0 Å². The van der Waals surface area contributed by atoms with Crippen molar-refractivity contribution in [3.8, 4) is 5.69 Å². The van der Waals surface area contributed by atoms with Gasteiger partial charge < -0.3 is 10.6 Å². The maximum absolute atomic E-state index is 13.1. The van der Waals surface area contributed by atoms with E-state index < -0.39 is 10.8 Å². The van der Waals surface area contributed by atoms with E-state index >= 15 is 0 Å². The Balaban J connectivity index is 0.00000320. The molecule has 30 heavy (non-hydrogen) atoms. The predicted molar refractivity (Wildman–Crippen MR) is 132 cm³/mol. The molecular weight excluding hydrogens is 516 g/mol. The van der Waals surface area contributed by atoms with Crippen molar-refractivity contribution < 1.29 is 8.60 Å². The second kappa shape index (κ2) is 12.4. The molecule has 1 aromatic carbocycles. The Morgan fingerprint density at radius 1 is 1.30 bits per heavy atom. The average molecular weight is 547 g/mol. The normalized spacial score (nSPS) is 20.3. The summed E-state index contributed by atoms with van der Waals surface area (Å²) in [4.78, 5) is 4.32. The van der Waals surface area contributed by atoms with E-state index in [0.29, 0.717) is 17.8 Å². The number of halogens is 2. The highest BCUT2D eigenvalue weighted by Gasteiger charge is 2.25. The first kappa shape index (κ1) is 24.8. The van der Waals surface area contributed by atoms with Gasteiger partial charge in [0.2, 0.25) is 0 Å². The average Bonchev–Trinajstić information content (AvgIpc) is 3.22. The Kier molecular flexibility index (Phi) is 10.2. The van der Waals surface area contributed by atoms with E-state index in [2.05, 4.69) is 20.7 Å². The number of rotatable bonds is 7. The molecule has 2 N–H and O–H groups in total. The topological polar surface area (TPSA) is 71.3 Å². The van der Waals surface area contributed by atoms with Gasteiger partial charge in [0.05, 0.1) is 11.4 Å². The first-order valence-corrected chi connectivity index (χ1v) is 11.6. The third kappa shape index (κ3) is 7.04. The Hall–Kier alpha value is -1.49. The maximum Gasteiger partial charge on any atom is 0.191 e. The molecule has 1 saturated carbocycles. The smallest absolute Gasteiger partial charge is 0.191 e. The van der Waals surface area contributed by atoms with Gasteiger partial charge in [0.1, 0.15) is 5.82 Å². The highest BCUT2D eigenvalue weighted by molar-refractivity contribution is 14.0. The van der Waals surface area contributed by atoms with Gasteiger partial charge in [-0.3, -0.25) is 9.20 Å². The molecule has 1 aliphatic carbocycles. The SMILES string of the molecule is CCS(=O)C1CCCC(NC(=NC)NCCc2ccn(-c3ccc(F)cc3)n2)C1.I. The van der Waals surface area contributed by atoms with Gasteiger partial charge >= 0.3 is 0 Å². The van der Waals surface area contributed by atoms with Crippen LogP contribution in [0.25, 0.3) is 5.69 Å². The minimum absolute atomic E-state index is 0.